The molecule has 0 aliphatic carbocycles. The minimum absolute atomic E-state index is 0.126. The minimum Gasteiger partial charge on any atom is -0.405 e. The van der Waals surface area contributed by atoms with Crippen molar-refractivity contribution in [3.63, 3.8) is 0 Å². The van der Waals surface area contributed by atoms with Gasteiger partial charge in [-0.05, 0) is 59.7 Å². The molecule has 0 bridgehead atoms. The summed E-state index contributed by atoms with van der Waals surface area (Å²) in [6.07, 6.45) is 8.62. The molecule has 1 aliphatic rings. The number of carbonyl (C=O) groups is 1. The maximum atomic E-state index is 12.0. The third-order valence-corrected chi connectivity index (χ3v) is 6.48. The number of anilines is 2. The zero-order valence-corrected chi connectivity index (χ0v) is 19.7. The van der Waals surface area contributed by atoms with Crippen LogP contribution in [0.2, 0.25) is 0 Å². The van der Waals surface area contributed by atoms with E-state index in [1.54, 1.807) is 37.7 Å². The number of carbonyl (C=O) groups excluding carboxylic acids is 1. The molecule has 3 N–H and O–H groups in total. The fourth-order valence-corrected chi connectivity index (χ4v) is 4.61. The largest absolute Gasteiger partial charge is 0.405 e. The van der Waals surface area contributed by atoms with Gasteiger partial charge in [0.1, 0.15) is 0 Å². The van der Waals surface area contributed by atoms with Crippen molar-refractivity contribution >= 4 is 40.1 Å². The van der Waals surface area contributed by atoms with Gasteiger partial charge in [-0.1, -0.05) is 18.2 Å². The van der Waals surface area contributed by atoms with Gasteiger partial charge in [0, 0.05) is 56.6 Å². The average molecular weight is 461 g/mol. The number of allylic oxidation sites excluding steroid dienone is 1. The number of fused-ring (bicyclic) bond motifs is 1. The van der Waals surface area contributed by atoms with Gasteiger partial charge in [-0.25, -0.2) is 9.78 Å². The summed E-state index contributed by atoms with van der Waals surface area (Å²) in [5, 5.41) is 3.97. The molecule has 33 heavy (non-hydrogen) atoms. The Hall–Kier alpha value is -3.65. The molecule has 8 heteroatoms. The molecule has 1 aromatic heterocycles. The van der Waals surface area contributed by atoms with Crippen molar-refractivity contribution in [1.82, 2.24) is 9.88 Å². The first-order valence-corrected chi connectivity index (χ1v) is 11.6. The molecule has 7 nitrogen and oxygen atoms in total. The molecule has 0 saturated carbocycles. The van der Waals surface area contributed by atoms with Crippen molar-refractivity contribution in [2.45, 2.75) is 19.4 Å². The number of urea groups is 1. The molecule has 0 radical (unpaired) electrons. The van der Waals surface area contributed by atoms with Gasteiger partial charge in [-0.2, -0.15) is 0 Å². The molecular formula is C25H28N6OS. The molecule has 0 saturated heterocycles. The summed E-state index contributed by atoms with van der Waals surface area (Å²) >= 11 is 1.73. The number of aliphatic imine (C=N–C) groups is 1. The molecule has 2 aromatic carbocycles. The Morgan fingerprint density at radius 1 is 1.24 bits per heavy atom. The zero-order chi connectivity index (χ0) is 23.2. The first-order valence-electron chi connectivity index (χ1n) is 10.8. The van der Waals surface area contributed by atoms with Crippen LogP contribution >= 0.6 is 11.3 Å². The van der Waals surface area contributed by atoms with Crippen molar-refractivity contribution in [1.29, 1.82) is 0 Å². The Balaban J connectivity index is 1.41. The highest BCUT2D eigenvalue weighted by Crippen LogP contribution is 2.30. The van der Waals surface area contributed by atoms with Crippen molar-refractivity contribution in [2.24, 2.45) is 10.7 Å². The fourth-order valence-electron chi connectivity index (χ4n) is 3.64. The van der Waals surface area contributed by atoms with Gasteiger partial charge < -0.3 is 20.9 Å². The molecular weight excluding hydrogens is 432 g/mol. The van der Waals surface area contributed by atoms with Crippen LogP contribution in [0.5, 0.6) is 0 Å². The molecule has 170 valence electrons. The Labute approximate surface area is 198 Å². The molecule has 3 aromatic rings. The van der Waals surface area contributed by atoms with E-state index in [9.17, 15) is 4.79 Å². The van der Waals surface area contributed by atoms with Crippen LogP contribution in [0, 0.1) is 0 Å². The van der Waals surface area contributed by atoms with E-state index >= 15 is 0 Å². The molecule has 0 fully saturated rings. The van der Waals surface area contributed by atoms with Gasteiger partial charge in [0.25, 0.3) is 0 Å². The number of nitrogens with two attached hydrogens (primary N) is 1. The predicted molar refractivity (Wildman–Crippen MR) is 137 cm³/mol. The van der Waals surface area contributed by atoms with Crippen LogP contribution in [0.3, 0.4) is 0 Å². The summed E-state index contributed by atoms with van der Waals surface area (Å²) in [7, 11) is 3.47. The minimum atomic E-state index is -0.126. The van der Waals surface area contributed by atoms with Crippen LogP contribution < -0.4 is 16.0 Å². The van der Waals surface area contributed by atoms with Crippen molar-refractivity contribution in [3.05, 3.63) is 82.5 Å². The number of hydrogen-bond donors (Lipinski definition) is 2. The van der Waals surface area contributed by atoms with E-state index in [0.29, 0.717) is 0 Å². The van der Waals surface area contributed by atoms with Gasteiger partial charge in [0.15, 0.2) is 5.13 Å². The van der Waals surface area contributed by atoms with Gasteiger partial charge in [0.2, 0.25) is 0 Å². The van der Waals surface area contributed by atoms with Gasteiger partial charge >= 0.3 is 6.03 Å². The van der Waals surface area contributed by atoms with E-state index < -0.39 is 0 Å². The third-order valence-electron chi connectivity index (χ3n) is 5.42. The quantitative estimate of drug-likeness (QED) is 0.528. The second-order valence-electron chi connectivity index (χ2n) is 8.10. The van der Waals surface area contributed by atoms with Crippen molar-refractivity contribution in [3.8, 4) is 0 Å². The van der Waals surface area contributed by atoms with Crippen LogP contribution in [0.1, 0.15) is 21.6 Å². The SMILES string of the molecule is CN(C)C(=O)Nc1ccc2c(c1)CN(c1ncc(Cc3ccc(N=C/C=C\N)cc3)s1)CC2. The molecule has 2 heterocycles. The number of aromatic nitrogens is 1. The molecule has 0 unspecified atom stereocenters. The number of rotatable bonds is 6. The van der Waals surface area contributed by atoms with Gasteiger partial charge in [0.05, 0.1) is 5.69 Å². The smallest absolute Gasteiger partial charge is 0.321 e. The summed E-state index contributed by atoms with van der Waals surface area (Å²) < 4.78 is 0. The lowest BCUT2D eigenvalue weighted by atomic mass is 9.99. The highest BCUT2D eigenvalue weighted by molar-refractivity contribution is 7.15. The fraction of sp³-hybridized carbons (Fsp3) is 0.240. The first kappa shape index (κ1) is 22.5. The van der Waals surface area contributed by atoms with Crippen LogP contribution in [0.15, 0.2) is 65.9 Å². The second-order valence-corrected chi connectivity index (χ2v) is 9.19. The standard InChI is InChI=1S/C25H28N6OS/c1-30(2)24(32)29-22-9-6-19-10-13-31(17-20(19)15-22)25-28-16-23(33-25)14-18-4-7-21(8-5-18)27-12-3-11-26/h3-9,11-12,15-16H,10,13-14,17,26H2,1-2H3,(H,29,32)/b11-3-,27-12?. The zero-order valence-electron chi connectivity index (χ0n) is 18.9. The van der Waals surface area contributed by atoms with Crippen LogP contribution in [-0.4, -0.2) is 42.8 Å². The van der Waals surface area contributed by atoms with E-state index in [1.165, 1.54) is 32.7 Å². The maximum absolute atomic E-state index is 12.0. The lowest BCUT2D eigenvalue weighted by Crippen LogP contribution is -2.31. The van der Waals surface area contributed by atoms with Crippen molar-refractivity contribution in [2.75, 3.05) is 30.9 Å². The Kier molecular flexibility index (Phi) is 7.04. The van der Waals surface area contributed by atoms with E-state index in [4.69, 9.17) is 10.7 Å². The van der Waals surface area contributed by atoms with E-state index in [2.05, 4.69) is 39.5 Å². The predicted octanol–water partition coefficient (Wildman–Crippen LogP) is 4.56. The van der Waals surface area contributed by atoms with Crippen molar-refractivity contribution < 1.29 is 4.79 Å². The summed E-state index contributed by atoms with van der Waals surface area (Å²) in [5.74, 6) is 0. The van der Waals surface area contributed by atoms with E-state index in [0.717, 1.165) is 42.4 Å². The lowest BCUT2D eigenvalue weighted by Gasteiger charge is -2.29. The molecule has 1 aliphatic heterocycles. The number of thiazole rings is 1. The average Bonchev–Trinajstić information content (AvgIpc) is 3.28. The van der Waals surface area contributed by atoms with E-state index in [-0.39, 0.29) is 6.03 Å². The maximum Gasteiger partial charge on any atom is 0.321 e. The topological polar surface area (TPSA) is 86.9 Å². The lowest BCUT2D eigenvalue weighted by molar-refractivity contribution is 0.230. The normalized spacial score (nSPS) is 13.5. The highest BCUT2D eigenvalue weighted by atomic mass is 32.1. The Morgan fingerprint density at radius 3 is 2.82 bits per heavy atom. The Morgan fingerprint density at radius 2 is 2.06 bits per heavy atom. The molecule has 0 spiro atoms. The van der Waals surface area contributed by atoms with Crippen LogP contribution in [-0.2, 0) is 19.4 Å². The Bertz CT molecular complexity index is 1170. The molecule has 2 amide bonds. The van der Waals surface area contributed by atoms with Crippen LogP contribution in [0.25, 0.3) is 0 Å². The molecule has 0 atom stereocenters. The first-order chi connectivity index (χ1) is 16.0. The third kappa shape index (κ3) is 5.78. The monoisotopic (exact) mass is 460 g/mol. The van der Waals surface area contributed by atoms with Gasteiger partial charge in [-0.3, -0.25) is 4.99 Å². The summed E-state index contributed by atoms with van der Waals surface area (Å²) in [4.78, 5) is 26.1. The number of amides is 2. The number of benzene rings is 2. The number of hydrogen-bond acceptors (Lipinski definition) is 6. The molecule has 4 rings (SSSR count). The van der Waals surface area contributed by atoms with Gasteiger partial charge in [-0.15, -0.1) is 11.3 Å². The number of nitrogens with zero attached hydrogens (tertiary/aromatic N) is 4. The van der Waals surface area contributed by atoms with E-state index in [1.807, 2.05) is 24.4 Å². The summed E-state index contributed by atoms with van der Waals surface area (Å²) in [6, 6.07) is 14.2. The van der Waals surface area contributed by atoms with Crippen LogP contribution in [0.4, 0.5) is 21.3 Å². The highest BCUT2D eigenvalue weighted by Gasteiger charge is 2.20. The second kappa shape index (κ2) is 10.3. The number of nitrogens with one attached hydrogen (secondary N) is 1. The summed E-state index contributed by atoms with van der Waals surface area (Å²) in [5.41, 5.74) is 10.8. The summed E-state index contributed by atoms with van der Waals surface area (Å²) in [6.45, 7) is 1.73.